The van der Waals surface area contributed by atoms with Crippen molar-refractivity contribution < 1.29 is 77.0 Å². The molecule has 1 spiro atoms. The van der Waals surface area contributed by atoms with Crippen molar-refractivity contribution in [3.63, 3.8) is 0 Å². The predicted octanol–water partition coefficient (Wildman–Crippen LogP) is 4.74. The molecule has 7 rings (SSSR count). The first-order chi connectivity index (χ1) is 44.8. The molecule has 510 valence electrons. The molecule has 0 radical (unpaired) electrons. The zero-order chi connectivity index (χ0) is 68.2. The van der Waals surface area contributed by atoms with Gasteiger partial charge < -0.3 is 71.9 Å². The molecule has 0 saturated carbocycles. The van der Waals surface area contributed by atoms with Crippen molar-refractivity contribution in [1.29, 1.82) is 0 Å². The van der Waals surface area contributed by atoms with Gasteiger partial charge in [-0.25, -0.2) is 19.8 Å². The lowest BCUT2D eigenvalue weighted by atomic mass is 9.87. The number of allylic oxidation sites excluding steroid dienone is 2. The first kappa shape index (κ1) is 72.7. The van der Waals surface area contributed by atoms with E-state index in [2.05, 4.69) is 44.4 Å². The quantitative estimate of drug-likeness (QED) is 0.0141. The number of fused-ring (bicyclic) bond motifs is 3. The molecule has 0 bridgehead atoms. The number of carbonyl (C=O) groups is 9. The summed E-state index contributed by atoms with van der Waals surface area (Å²) < 4.78 is 29.2. The van der Waals surface area contributed by atoms with Gasteiger partial charge in [0, 0.05) is 44.1 Å². The van der Waals surface area contributed by atoms with Gasteiger partial charge in [-0.05, 0) is 118 Å². The molecule has 0 unspecified atom stereocenters. The van der Waals surface area contributed by atoms with Gasteiger partial charge in [-0.3, -0.25) is 39.1 Å². The number of amides is 10. The van der Waals surface area contributed by atoms with E-state index >= 15 is 0 Å². The van der Waals surface area contributed by atoms with Gasteiger partial charge >= 0.3 is 18.2 Å². The van der Waals surface area contributed by atoms with E-state index in [1.165, 1.54) is 43.3 Å². The molecule has 1 aliphatic carbocycles. The molecule has 3 heterocycles. The van der Waals surface area contributed by atoms with E-state index in [1.54, 1.807) is 26.8 Å². The second-order valence-corrected chi connectivity index (χ2v) is 25.0. The van der Waals surface area contributed by atoms with Crippen molar-refractivity contribution in [3.8, 4) is 11.1 Å². The maximum Gasteiger partial charge on any atom is 0.426 e. The Morgan fingerprint density at radius 3 is 2.10 bits per heavy atom. The lowest BCUT2D eigenvalue weighted by Gasteiger charge is -2.39. The van der Waals surface area contributed by atoms with Crippen molar-refractivity contribution in [2.75, 3.05) is 31.2 Å². The maximum absolute atomic E-state index is 14.9. The first-order valence-corrected chi connectivity index (χ1v) is 32.1. The van der Waals surface area contributed by atoms with Crippen LogP contribution in [0.15, 0.2) is 109 Å². The number of nitrogens with one attached hydrogen (secondary N) is 7. The Balaban J connectivity index is 0.895. The van der Waals surface area contributed by atoms with Gasteiger partial charge in [-0.2, -0.15) is 0 Å². The summed E-state index contributed by atoms with van der Waals surface area (Å²) in [6, 6.07) is 17.4. The van der Waals surface area contributed by atoms with Crippen LogP contribution in [0.3, 0.4) is 0 Å². The van der Waals surface area contributed by atoms with Crippen LogP contribution < -0.4 is 53.8 Å². The third-order valence-electron chi connectivity index (χ3n) is 17.2. The number of aliphatic hydroxyl groups excluding tert-OH is 2. The van der Waals surface area contributed by atoms with Crippen molar-refractivity contribution in [2.45, 2.75) is 185 Å². The van der Waals surface area contributed by atoms with Crippen LogP contribution in [0.4, 0.5) is 20.1 Å². The van der Waals surface area contributed by atoms with Gasteiger partial charge in [-0.15, -0.1) is 0 Å². The number of ether oxygens (including phenoxy) is 5. The van der Waals surface area contributed by atoms with Crippen LogP contribution in [0.5, 0.6) is 0 Å². The van der Waals surface area contributed by atoms with E-state index in [9.17, 15) is 53.4 Å². The third-order valence-corrected chi connectivity index (χ3v) is 17.2. The van der Waals surface area contributed by atoms with Crippen molar-refractivity contribution in [3.05, 3.63) is 125 Å². The normalized spacial score (nSPS) is 22.8. The number of carbonyl (C=O) groups excluding carboxylic acids is 9. The van der Waals surface area contributed by atoms with Crippen molar-refractivity contribution >= 4 is 59.3 Å². The lowest BCUT2D eigenvalue weighted by Crippen LogP contribution is -2.59. The number of benzene rings is 3. The summed E-state index contributed by atoms with van der Waals surface area (Å²) in [4.78, 5) is 119. The average Bonchev–Trinajstić information content (AvgIpc) is 1.60. The minimum absolute atomic E-state index is 0.0379. The zero-order valence-corrected chi connectivity index (χ0v) is 54.4. The number of hydrogen-bond donors (Lipinski definition) is 11. The van der Waals surface area contributed by atoms with Crippen LogP contribution in [0, 0.1) is 11.8 Å². The summed E-state index contributed by atoms with van der Waals surface area (Å²) in [6.45, 7) is 12.5. The molecule has 12 atom stereocenters. The number of nitrogens with two attached hydrogens (primary N) is 2. The smallest absolute Gasteiger partial charge is 0.426 e. The highest BCUT2D eigenvalue weighted by Crippen LogP contribution is 2.45. The third kappa shape index (κ3) is 20.9. The molecule has 4 aliphatic rings. The highest BCUT2D eigenvalue weighted by molar-refractivity contribution is 6.05. The van der Waals surface area contributed by atoms with Gasteiger partial charge in [0.15, 0.2) is 0 Å². The summed E-state index contributed by atoms with van der Waals surface area (Å²) >= 11 is 0. The lowest BCUT2D eigenvalue weighted by molar-refractivity contribution is -0.145. The van der Waals surface area contributed by atoms with Gasteiger partial charge in [0.05, 0.1) is 43.5 Å². The number of hydrazine groups is 1. The second-order valence-electron chi connectivity index (χ2n) is 25.0. The standard InChI is InChI=1S/C68H92N10O16/c1-39(2)60(75-63(85)53(73-44(7)80)19-12-13-31-72-66(88)91-37-52-50-17-10-8-15-48(50)49-16-9-11-18-51(49)52)64(86)78(55(62(69)84)20-14-32-71-65(70)87)46-26-24-45(25-27-46)36-90-67(89)77-76-59(82)34-47-35-68(38-92-68)61(83)57(94-47)29-22-40(3)21-28-56-41(4)33-54(43(6)93-56)74-58(81)30-23-42(5)79/h8-11,15-18,21-27,29-30,39,41-43,47,52-57,60-61,79,83H,12-14,19-20,28,31-38H2,1-7H3,(H2,69,84)(H,72,88)(H,73,80)(H,74,81)(H,75,85)(H,76,82)(H,77,89)(H3,70,71,87)/b29-22+,30-23-,40-21+/t41-,42-,43+,47+,53-,54+,55-,56-,57+,60-,61+,68+/m0/s1. The minimum atomic E-state index is -1.31. The van der Waals surface area contributed by atoms with Crippen LogP contribution in [-0.4, -0.2) is 157 Å². The summed E-state index contributed by atoms with van der Waals surface area (Å²) in [5, 5.41) is 34.3. The number of aliphatic hydroxyl groups is 2. The van der Waals surface area contributed by atoms with Gasteiger partial charge in [0.25, 0.3) is 5.91 Å². The Labute approximate surface area is 548 Å². The fourth-order valence-corrected chi connectivity index (χ4v) is 12.0. The monoisotopic (exact) mass is 1300 g/mol. The number of nitrogens with zero attached hydrogens (tertiary/aromatic N) is 1. The van der Waals surface area contributed by atoms with Crippen LogP contribution >= 0.6 is 0 Å². The molecular formula is C68H92N10O16. The first-order valence-electron chi connectivity index (χ1n) is 32.1. The van der Waals surface area contributed by atoms with Crippen molar-refractivity contribution in [1.82, 2.24) is 37.4 Å². The maximum atomic E-state index is 14.9. The Bertz CT molecular complexity index is 3200. The van der Waals surface area contributed by atoms with E-state index in [1.807, 2.05) is 74.5 Å². The molecular weight excluding hydrogens is 1210 g/mol. The van der Waals surface area contributed by atoms with Gasteiger partial charge in [0.2, 0.25) is 29.5 Å². The second kappa shape index (κ2) is 34.5. The van der Waals surface area contributed by atoms with E-state index in [0.717, 1.165) is 32.7 Å². The summed E-state index contributed by atoms with van der Waals surface area (Å²) in [7, 11) is 0. The molecule has 3 aromatic rings. The largest absolute Gasteiger partial charge is 0.449 e. The SMILES string of the molecule is CC(=O)N[C@@H](CCCCNC(=O)OCC1c2ccccc2-c2ccccc21)C(=O)N[C@H](C(=O)N(c1ccc(COC(=O)NNC(=O)C[C@@H]2C[C@@]3(CO3)[C@H](O)[C@@H](/C=C/C(C)=C/C[C@@H]3O[C@H](C)[C@H](NC(=O)/C=C\[C@H](C)O)C[C@@H]3C)O2)cc1)[C@@H](CCCNC(N)=O)C(N)=O)C(C)C. The summed E-state index contributed by atoms with van der Waals surface area (Å²) in [6.07, 6.45) is 5.55. The Hall–Kier alpha value is -8.69. The number of hydrogen-bond acceptors (Lipinski definition) is 16. The van der Waals surface area contributed by atoms with Gasteiger partial charge in [-0.1, -0.05) is 111 Å². The molecule has 13 N–H and O–H groups in total. The number of primary amides is 2. The molecule has 3 aromatic carbocycles. The van der Waals surface area contributed by atoms with Crippen LogP contribution in [-0.2, 0) is 59.1 Å². The molecule has 0 aromatic heterocycles. The fraction of sp³-hybridized carbons (Fsp3) is 0.515. The van der Waals surface area contributed by atoms with Crippen LogP contribution in [0.1, 0.15) is 129 Å². The number of rotatable bonds is 30. The van der Waals surface area contributed by atoms with Crippen LogP contribution in [0.2, 0.25) is 0 Å². The molecule has 3 saturated heterocycles. The van der Waals surface area contributed by atoms with E-state index < -0.39 is 102 Å². The fourth-order valence-electron chi connectivity index (χ4n) is 12.0. The summed E-state index contributed by atoms with van der Waals surface area (Å²) in [5.74, 6) is -4.24. The Kier molecular flexibility index (Phi) is 26.7. The number of alkyl carbamates (subject to hydrolysis) is 1. The topological polar surface area (TPSA) is 383 Å². The minimum Gasteiger partial charge on any atom is -0.449 e. The molecule has 3 aliphatic heterocycles. The number of unbranched alkanes of at least 4 members (excludes halogenated alkanes) is 1. The Morgan fingerprint density at radius 1 is 0.798 bits per heavy atom. The number of urea groups is 1. The summed E-state index contributed by atoms with van der Waals surface area (Å²) in [5.41, 5.74) is 20.8. The Morgan fingerprint density at radius 2 is 1.47 bits per heavy atom. The molecule has 3 fully saturated rings. The molecule has 94 heavy (non-hydrogen) atoms. The zero-order valence-electron chi connectivity index (χ0n) is 54.4. The predicted molar refractivity (Wildman–Crippen MR) is 347 cm³/mol. The van der Waals surface area contributed by atoms with E-state index in [-0.39, 0.29) is 107 Å². The molecule has 10 amide bonds. The van der Waals surface area contributed by atoms with Crippen LogP contribution in [0.25, 0.3) is 11.1 Å². The average molecular weight is 1310 g/mol. The highest BCUT2D eigenvalue weighted by atomic mass is 16.6. The van der Waals surface area contributed by atoms with Gasteiger partial charge in [0.1, 0.15) is 49.1 Å². The van der Waals surface area contributed by atoms with Crippen molar-refractivity contribution in [2.24, 2.45) is 23.3 Å². The highest BCUT2D eigenvalue weighted by Gasteiger charge is 2.58. The van der Waals surface area contributed by atoms with E-state index in [0.29, 0.717) is 31.2 Å². The molecule has 26 heteroatoms. The molecule has 26 nitrogen and oxygen atoms in total. The number of anilines is 1. The number of epoxide rings is 1. The van der Waals surface area contributed by atoms with E-state index in [4.69, 9.17) is 35.2 Å².